The number of nitrogens with one attached hydrogen (secondary N) is 2. The Bertz CT molecular complexity index is 813. The van der Waals surface area contributed by atoms with Crippen molar-refractivity contribution in [1.82, 2.24) is 9.88 Å². The van der Waals surface area contributed by atoms with Crippen LogP contribution in [0.15, 0.2) is 41.3 Å². The molecule has 0 radical (unpaired) electrons. The van der Waals surface area contributed by atoms with Crippen LogP contribution in [0.25, 0.3) is 0 Å². The third kappa shape index (κ3) is 2.98. The Morgan fingerprint density at radius 2 is 2.09 bits per heavy atom. The van der Waals surface area contributed by atoms with E-state index in [1.165, 1.54) is 10.6 Å². The van der Waals surface area contributed by atoms with Gasteiger partial charge < -0.3 is 20.3 Å². The maximum Gasteiger partial charge on any atom is 0.319 e. The molecular weight excluding hydrogens is 294 g/mol. The lowest BCUT2D eigenvalue weighted by Gasteiger charge is -2.19. The summed E-state index contributed by atoms with van der Waals surface area (Å²) in [7, 11) is 1.63. The molecule has 1 aliphatic rings. The smallest absolute Gasteiger partial charge is 0.319 e. The largest absolute Gasteiger partial charge is 0.390 e. The van der Waals surface area contributed by atoms with Crippen LogP contribution < -0.4 is 16.2 Å². The second kappa shape index (κ2) is 5.89. The maximum absolute atomic E-state index is 12.3. The summed E-state index contributed by atoms with van der Waals surface area (Å²) in [6.07, 6.45) is 1.47. The van der Waals surface area contributed by atoms with E-state index >= 15 is 0 Å². The van der Waals surface area contributed by atoms with Crippen LogP contribution in [0.2, 0.25) is 0 Å². The molecule has 23 heavy (non-hydrogen) atoms. The van der Waals surface area contributed by atoms with E-state index in [1.807, 2.05) is 24.3 Å². The van der Waals surface area contributed by atoms with Gasteiger partial charge in [0.25, 0.3) is 5.56 Å². The first-order valence-corrected chi connectivity index (χ1v) is 7.46. The number of fused-ring (bicyclic) bond motifs is 1. The SMILES string of the molecule is Cc1cc(=O)n(C)cc1NC(=O)N[C@@H]1c2ccccc2C[C@@H]1O. The van der Waals surface area contributed by atoms with Crippen LogP contribution in [0.3, 0.4) is 0 Å². The summed E-state index contributed by atoms with van der Waals surface area (Å²) in [5.74, 6) is 0. The Hall–Kier alpha value is -2.60. The van der Waals surface area contributed by atoms with Gasteiger partial charge in [-0.3, -0.25) is 4.79 Å². The van der Waals surface area contributed by atoms with Gasteiger partial charge in [0, 0.05) is 25.7 Å². The predicted molar refractivity (Wildman–Crippen MR) is 87.5 cm³/mol. The second-order valence-electron chi connectivity index (χ2n) is 5.87. The van der Waals surface area contributed by atoms with Crippen LogP contribution in [0.5, 0.6) is 0 Å². The molecule has 0 unspecified atom stereocenters. The fraction of sp³-hybridized carbons (Fsp3) is 0.294. The lowest BCUT2D eigenvalue weighted by molar-refractivity contribution is 0.144. The Kier molecular flexibility index (Phi) is 3.92. The third-order valence-electron chi connectivity index (χ3n) is 4.17. The average molecular weight is 313 g/mol. The van der Waals surface area contributed by atoms with E-state index in [1.54, 1.807) is 20.2 Å². The van der Waals surface area contributed by atoms with Crippen molar-refractivity contribution < 1.29 is 9.90 Å². The van der Waals surface area contributed by atoms with Gasteiger partial charge >= 0.3 is 6.03 Å². The van der Waals surface area contributed by atoms with E-state index in [9.17, 15) is 14.7 Å². The molecule has 2 atom stereocenters. The number of amides is 2. The highest BCUT2D eigenvalue weighted by Gasteiger charge is 2.31. The number of benzene rings is 1. The number of carbonyl (C=O) groups excluding carboxylic acids is 1. The number of carbonyl (C=O) groups is 1. The molecule has 1 aliphatic carbocycles. The first-order chi connectivity index (χ1) is 11.0. The molecule has 0 saturated carbocycles. The number of aromatic nitrogens is 1. The van der Waals surface area contributed by atoms with E-state index < -0.39 is 18.2 Å². The van der Waals surface area contributed by atoms with E-state index in [2.05, 4.69) is 10.6 Å². The number of aryl methyl sites for hydroxylation is 2. The Morgan fingerprint density at radius 1 is 1.35 bits per heavy atom. The lowest BCUT2D eigenvalue weighted by Crippen LogP contribution is -2.37. The molecule has 120 valence electrons. The molecule has 6 nitrogen and oxygen atoms in total. The number of urea groups is 1. The number of hydrogen-bond acceptors (Lipinski definition) is 3. The van der Waals surface area contributed by atoms with Gasteiger partial charge in [-0.2, -0.15) is 0 Å². The van der Waals surface area contributed by atoms with Crippen molar-refractivity contribution in [2.45, 2.75) is 25.5 Å². The van der Waals surface area contributed by atoms with Gasteiger partial charge in [0.15, 0.2) is 0 Å². The van der Waals surface area contributed by atoms with E-state index in [0.717, 1.165) is 11.1 Å². The first kappa shape index (κ1) is 15.3. The van der Waals surface area contributed by atoms with Crippen LogP contribution in [0, 0.1) is 6.92 Å². The molecule has 1 aromatic carbocycles. The number of hydrogen-bond donors (Lipinski definition) is 3. The van der Waals surface area contributed by atoms with Gasteiger partial charge in [-0.05, 0) is 23.6 Å². The number of rotatable bonds is 2. The fourth-order valence-electron chi connectivity index (χ4n) is 2.90. The molecule has 6 heteroatoms. The van der Waals surface area contributed by atoms with Gasteiger partial charge in [0.05, 0.1) is 17.8 Å². The maximum atomic E-state index is 12.3. The standard InChI is InChI=1S/C17H19N3O3/c1-10-7-15(22)20(2)9-13(10)18-17(23)19-16-12-6-4-3-5-11(12)8-14(16)21/h3-7,9,14,16,21H,8H2,1-2H3,(H2,18,19,23)/t14-,16+/m0/s1. The minimum atomic E-state index is -0.639. The van der Waals surface area contributed by atoms with Crippen molar-refractivity contribution in [3.8, 4) is 0 Å². The number of pyridine rings is 1. The van der Waals surface area contributed by atoms with Crippen molar-refractivity contribution in [2.75, 3.05) is 5.32 Å². The average Bonchev–Trinajstić information content (AvgIpc) is 2.81. The topological polar surface area (TPSA) is 83.4 Å². The normalized spacial score (nSPS) is 19.3. The second-order valence-corrected chi connectivity index (χ2v) is 5.87. The lowest BCUT2D eigenvalue weighted by atomic mass is 10.1. The van der Waals surface area contributed by atoms with E-state index in [4.69, 9.17) is 0 Å². The van der Waals surface area contributed by atoms with Crippen molar-refractivity contribution in [2.24, 2.45) is 7.05 Å². The van der Waals surface area contributed by atoms with Crippen LogP contribution >= 0.6 is 0 Å². The van der Waals surface area contributed by atoms with Gasteiger partial charge in [0.2, 0.25) is 0 Å². The van der Waals surface area contributed by atoms with Crippen LogP contribution in [-0.2, 0) is 13.5 Å². The number of aliphatic hydroxyl groups is 1. The highest BCUT2D eigenvalue weighted by atomic mass is 16.3. The number of aliphatic hydroxyl groups excluding tert-OH is 1. The molecule has 0 saturated heterocycles. The number of nitrogens with zero attached hydrogens (tertiary/aromatic N) is 1. The molecule has 3 N–H and O–H groups in total. The molecule has 1 aromatic heterocycles. The molecule has 0 fully saturated rings. The minimum absolute atomic E-state index is 0.131. The summed E-state index contributed by atoms with van der Waals surface area (Å²) in [5, 5.41) is 15.7. The van der Waals surface area contributed by atoms with Crippen LogP contribution in [0.4, 0.5) is 10.5 Å². The zero-order valence-electron chi connectivity index (χ0n) is 13.0. The van der Waals surface area contributed by atoms with Crippen molar-refractivity contribution in [1.29, 1.82) is 0 Å². The zero-order valence-corrected chi connectivity index (χ0v) is 13.0. The molecule has 0 spiro atoms. The molecule has 2 amide bonds. The molecular formula is C17H19N3O3. The van der Waals surface area contributed by atoms with Crippen molar-refractivity contribution in [3.05, 3.63) is 63.6 Å². The highest BCUT2D eigenvalue weighted by molar-refractivity contribution is 5.90. The van der Waals surface area contributed by atoms with Crippen LogP contribution in [-0.4, -0.2) is 21.8 Å². The minimum Gasteiger partial charge on any atom is -0.390 e. The summed E-state index contributed by atoms with van der Waals surface area (Å²) < 4.78 is 1.41. The molecule has 2 aromatic rings. The Balaban J connectivity index is 1.76. The van der Waals surface area contributed by atoms with E-state index in [0.29, 0.717) is 17.7 Å². The third-order valence-corrected chi connectivity index (χ3v) is 4.17. The van der Waals surface area contributed by atoms with Crippen molar-refractivity contribution in [3.63, 3.8) is 0 Å². The summed E-state index contributed by atoms with van der Waals surface area (Å²) >= 11 is 0. The van der Waals surface area contributed by atoms with Gasteiger partial charge in [-0.15, -0.1) is 0 Å². The van der Waals surface area contributed by atoms with Gasteiger partial charge in [-0.25, -0.2) is 4.79 Å². The molecule has 0 bridgehead atoms. The van der Waals surface area contributed by atoms with Crippen LogP contribution in [0.1, 0.15) is 22.7 Å². The summed E-state index contributed by atoms with van der Waals surface area (Å²) in [4.78, 5) is 23.8. The molecule has 3 rings (SSSR count). The summed E-state index contributed by atoms with van der Waals surface area (Å²) in [6, 6.07) is 8.30. The first-order valence-electron chi connectivity index (χ1n) is 7.46. The zero-order chi connectivity index (χ0) is 16.6. The molecule has 0 aliphatic heterocycles. The van der Waals surface area contributed by atoms with E-state index in [-0.39, 0.29) is 5.56 Å². The monoisotopic (exact) mass is 313 g/mol. The summed E-state index contributed by atoms with van der Waals surface area (Å²) in [6.45, 7) is 1.76. The van der Waals surface area contributed by atoms with Crippen molar-refractivity contribution >= 4 is 11.7 Å². The Morgan fingerprint density at radius 3 is 2.87 bits per heavy atom. The van der Waals surface area contributed by atoms with Gasteiger partial charge in [-0.1, -0.05) is 24.3 Å². The fourth-order valence-corrected chi connectivity index (χ4v) is 2.90. The van der Waals surface area contributed by atoms with Gasteiger partial charge in [0.1, 0.15) is 0 Å². The number of anilines is 1. The quantitative estimate of drug-likeness (QED) is 0.785. The summed E-state index contributed by atoms with van der Waals surface area (Å²) in [5.41, 5.74) is 3.10. The highest BCUT2D eigenvalue weighted by Crippen LogP contribution is 2.31. The Labute approximate surface area is 133 Å². The molecule has 1 heterocycles. The predicted octanol–water partition coefficient (Wildman–Crippen LogP) is 1.47.